The Balaban J connectivity index is 2.15. The number of ether oxygens (including phenoxy) is 1. The lowest BCUT2D eigenvalue weighted by molar-refractivity contribution is 0.0889. The third kappa shape index (κ3) is 4.70. The molecule has 2 nitrogen and oxygen atoms in total. The summed E-state index contributed by atoms with van der Waals surface area (Å²) in [4.78, 5) is 0. The van der Waals surface area contributed by atoms with Gasteiger partial charge in [0.05, 0.1) is 8.95 Å². The third-order valence-electron chi connectivity index (χ3n) is 4.25. The molecule has 0 saturated heterocycles. The van der Waals surface area contributed by atoms with Crippen LogP contribution in [0.5, 0.6) is 5.75 Å². The largest absolute Gasteiger partial charge is 0.488 e. The monoisotopic (exact) mass is 417 g/mol. The molecule has 2 rings (SSSR count). The van der Waals surface area contributed by atoms with Gasteiger partial charge in [-0.3, -0.25) is 0 Å². The molecule has 1 aliphatic carbocycles. The van der Waals surface area contributed by atoms with Crippen LogP contribution in [0.2, 0.25) is 0 Å². The van der Waals surface area contributed by atoms with Crippen molar-refractivity contribution >= 4 is 31.9 Å². The second kappa shape index (κ2) is 7.98. The number of nitrogens with two attached hydrogens (primary N) is 1. The Morgan fingerprint density at radius 1 is 1.24 bits per heavy atom. The van der Waals surface area contributed by atoms with Gasteiger partial charge in [0.15, 0.2) is 0 Å². The number of hydrogen-bond acceptors (Lipinski definition) is 2. The van der Waals surface area contributed by atoms with E-state index in [9.17, 15) is 0 Å². The van der Waals surface area contributed by atoms with Crippen molar-refractivity contribution in [3.63, 3.8) is 0 Å². The zero-order valence-electron chi connectivity index (χ0n) is 12.9. The van der Waals surface area contributed by atoms with Gasteiger partial charge in [-0.1, -0.05) is 13.3 Å². The van der Waals surface area contributed by atoms with Gasteiger partial charge in [-0.05, 0) is 94.5 Å². The Morgan fingerprint density at radius 3 is 2.43 bits per heavy atom. The molecule has 118 valence electrons. The molecule has 1 aliphatic rings. The van der Waals surface area contributed by atoms with Crippen LogP contribution in [0.1, 0.15) is 51.5 Å². The van der Waals surface area contributed by atoms with E-state index in [1.54, 1.807) is 0 Å². The molecule has 21 heavy (non-hydrogen) atoms. The lowest BCUT2D eigenvalue weighted by Crippen LogP contribution is -2.30. The third-order valence-corrected chi connectivity index (χ3v) is 5.43. The van der Waals surface area contributed by atoms with Gasteiger partial charge in [0.1, 0.15) is 11.9 Å². The van der Waals surface area contributed by atoms with Crippen LogP contribution in [0.15, 0.2) is 21.1 Å². The summed E-state index contributed by atoms with van der Waals surface area (Å²) in [6.45, 7) is 4.29. The van der Waals surface area contributed by atoms with Crippen LogP contribution in [0.25, 0.3) is 0 Å². The zero-order valence-corrected chi connectivity index (χ0v) is 16.0. The maximum atomic E-state index is 6.36. The van der Waals surface area contributed by atoms with Crippen molar-refractivity contribution in [2.75, 3.05) is 0 Å². The first-order valence-electron chi connectivity index (χ1n) is 7.91. The highest BCUT2D eigenvalue weighted by Gasteiger charge is 2.26. The molecule has 1 aromatic rings. The molecular weight excluding hydrogens is 394 g/mol. The first-order valence-corrected chi connectivity index (χ1v) is 9.50. The van der Waals surface area contributed by atoms with Crippen molar-refractivity contribution in [2.45, 2.75) is 64.5 Å². The zero-order chi connectivity index (χ0) is 15.4. The minimum atomic E-state index is 0.165. The van der Waals surface area contributed by atoms with E-state index in [2.05, 4.69) is 50.9 Å². The molecule has 0 aliphatic heterocycles. The molecule has 1 saturated carbocycles. The number of hydrogen-bond donors (Lipinski definition) is 1. The standard InChI is InChI=1S/C17H25Br2NO/c1-3-13-6-4-5-7-16(13)21-17-14(18)9-12(8-11(2)20)10-15(17)19/h9-11,13,16H,3-8,20H2,1-2H3. The molecule has 4 heteroatoms. The average Bonchev–Trinajstić information content (AvgIpc) is 2.42. The summed E-state index contributed by atoms with van der Waals surface area (Å²) in [7, 11) is 0. The molecular formula is C17H25Br2NO. The van der Waals surface area contributed by atoms with Gasteiger partial charge in [-0.2, -0.15) is 0 Å². The van der Waals surface area contributed by atoms with Gasteiger partial charge in [-0.15, -0.1) is 0 Å². The smallest absolute Gasteiger partial charge is 0.148 e. The minimum Gasteiger partial charge on any atom is -0.488 e. The van der Waals surface area contributed by atoms with E-state index in [0.717, 1.165) is 21.1 Å². The Bertz CT molecular complexity index is 453. The average molecular weight is 419 g/mol. The van der Waals surface area contributed by atoms with E-state index < -0.39 is 0 Å². The van der Waals surface area contributed by atoms with Crippen LogP contribution in [0, 0.1) is 5.92 Å². The van der Waals surface area contributed by atoms with Crippen molar-refractivity contribution in [1.29, 1.82) is 0 Å². The number of benzene rings is 1. The van der Waals surface area contributed by atoms with Gasteiger partial charge in [0, 0.05) is 6.04 Å². The van der Waals surface area contributed by atoms with Gasteiger partial charge < -0.3 is 10.5 Å². The quantitative estimate of drug-likeness (QED) is 0.689. The van der Waals surface area contributed by atoms with E-state index in [1.165, 1.54) is 37.7 Å². The fourth-order valence-electron chi connectivity index (χ4n) is 3.16. The fourth-order valence-corrected chi connectivity index (χ4v) is 4.63. The van der Waals surface area contributed by atoms with Crippen molar-refractivity contribution in [1.82, 2.24) is 0 Å². The Hall–Kier alpha value is -0.0600. The van der Waals surface area contributed by atoms with Crippen LogP contribution < -0.4 is 10.5 Å². The summed E-state index contributed by atoms with van der Waals surface area (Å²) in [6.07, 6.45) is 7.49. The van der Waals surface area contributed by atoms with Crippen LogP contribution in [-0.4, -0.2) is 12.1 Å². The summed E-state index contributed by atoms with van der Waals surface area (Å²) in [5.74, 6) is 1.62. The summed E-state index contributed by atoms with van der Waals surface area (Å²) in [5, 5.41) is 0. The molecule has 0 aromatic heterocycles. The first-order chi connectivity index (χ1) is 10.0. The van der Waals surface area contributed by atoms with Gasteiger partial charge >= 0.3 is 0 Å². The van der Waals surface area contributed by atoms with E-state index in [1.807, 2.05) is 6.92 Å². The topological polar surface area (TPSA) is 35.2 Å². The summed E-state index contributed by atoms with van der Waals surface area (Å²) < 4.78 is 8.40. The second-order valence-corrected chi connectivity index (χ2v) is 7.89. The SMILES string of the molecule is CCC1CCCCC1Oc1c(Br)cc(CC(C)N)cc1Br. The Kier molecular flexibility index (Phi) is 6.57. The van der Waals surface area contributed by atoms with Crippen molar-refractivity contribution < 1.29 is 4.74 Å². The fraction of sp³-hybridized carbons (Fsp3) is 0.647. The molecule has 0 amide bonds. The van der Waals surface area contributed by atoms with E-state index >= 15 is 0 Å². The molecule has 1 fully saturated rings. The molecule has 0 spiro atoms. The first kappa shape index (κ1) is 17.3. The summed E-state index contributed by atoms with van der Waals surface area (Å²) in [5.41, 5.74) is 7.11. The Morgan fingerprint density at radius 2 is 1.86 bits per heavy atom. The maximum absolute atomic E-state index is 6.36. The minimum absolute atomic E-state index is 0.165. The van der Waals surface area contributed by atoms with Crippen molar-refractivity contribution in [2.24, 2.45) is 11.7 Å². The van der Waals surface area contributed by atoms with Crippen LogP contribution in [-0.2, 0) is 6.42 Å². The predicted octanol–water partition coefficient (Wildman–Crippen LogP) is 5.45. The Labute approximate surface area is 145 Å². The van der Waals surface area contributed by atoms with Gasteiger partial charge in [-0.25, -0.2) is 0 Å². The normalized spacial score (nSPS) is 23.9. The molecule has 0 heterocycles. The molecule has 1 aromatic carbocycles. The molecule has 2 N–H and O–H groups in total. The van der Waals surface area contributed by atoms with E-state index in [4.69, 9.17) is 10.5 Å². The predicted molar refractivity (Wildman–Crippen MR) is 95.9 cm³/mol. The second-order valence-electron chi connectivity index (χ2n) is 6.18. The summed E-state index contributed by atoms with van der Waals surface area (Å²) >= 11 is 7.32. The lowest BCUT2D eigenvalue weighted by atomic mass is 9.85. The highest BCUT2D eigenvalue weighted by atomic mass is 79.9. The van der Waals surface area contributed by atoms with Gasteiger partial charge in [0.25, 0.3) is 0 Å². The van der Waals surface area contributed by atoms with Crippen LogP contribution >= 0.6 is 31.9 Å². The van der Waals surface area contributed by atoms with Crippen molar-refractivity contribution in [3.8, 4) is 5.75 Å². The maximum Gasteiger partial charge on any atom is 0.148 e. The van der Waals surface area contributed by atoms with E-state index in [-0.39, 0.29) is 6.04 Å². The van der Waals surface area contributed by atoms with Gasteiger partial charge in [0.2, 0.25) is 0 Å². The molecule has 0 radical (unpaired) electrons. The van der Waals surface area contributed by atoms with Crippen molar-refractivity contribution in [3.05, 3.63) is 26.6 Å². The molecule has 3 unspecified atom stereocenters. The van der Waals surface area contributed by atoms with Crippen LogP contribution in [0.4, 0.5) is 0 Å². The number of rotatable bonds is 5. The molecule has 0 bridgehead atoms. The summed E-state index contributed by atoms with van der Waals surface area (Å²) in [6, 6.07) is 4.43. The highest BCUT2D eigenvalue weighted by Crippen LogP contribution is 2.39. The number of halogens is 2. The van der Waals surface area contributed by atoms with E-state index in [0.29, 0.717) is 12.0 Å². The molecule has 3 atom stereocenters. The van der Waals surface area contributed by atoms with Crippen LogP contribution in [0.3, 0.4) is 0 Å². The lowest BCUT2D eigenvalue weighted by Gasteiger charge is -2.32. The highest BCUT2D eigenvalue weighted by molar-refractivity contribution is 9.11.